The van der Waals surface area contributed by atoms with Crippen molar-refractivity contribution in [3.8, 4) is 11.5 Å². The summed E-state index contributed by atoms with van der Waals surface area (Å²) in [6.07, 6.45) is 0. The molecule has 0 N–H and O–H groups in total. The summed E-state index contributed by atoms with van der Waals surface area (Å²) < 4.78 is 6.71. The summed E-state index contributed by atoms with van der Waals surface area (Å²) in [6, 6.07) is 7.82. The first-order valence-corrected chi connectivity index (χ1v) is 8.08. The highest BCUT2D eigenvalue weighted by molar-refractivity contribution is 9.11. The van der Waals surface area contributed by atoms with Crippen molar-refractivity contribution in [3.05, 3.63) is 60.0 Å². The SMILES string of the molecule is O=[N+]([O-])c1cc(Br)c(Oc2ccc(Cl)cc2CCl)c(Br)c1. The number of non-ortho nitro benzene ring substituents is 1. The number of ether oxygens (including phenoxy) is 1. The van der Waals surface area contributed by atoms with E-state index in [2.05, 4.69) is 31.9 Å². The molecule has 110 valence electrons. The number of nitro benzene ring substituents is 1. The number of hydrogen-bond donors (Lipinski definition) is 0. The van der Waals surface area contributed by atoms with Crippen LogP contribution in [0.1, 0.15) is 5.56 Å². The van der Waals surface area contributed by atoms with Crippen LogP contribution in [-0.4, -0.2) is 4.92 Å². The standard InChI is InChI=1S/C13H7Br2Cl2NO3/c14-10-4-9(18(19)20)5-11(15)13(10)21-12-2-1-8(17)3-7(12)6-16/h1-5H,6H2. The maximum absolute atomic E-state index is 10.8. The zero-order valence-corrected chi connectivity index (χ0v) is 15.0. The second-order valence-electron chi connectivity index (χ2n) is 3.98. The fourth-order valence-electron chi connectivity index (χ4n) is 1.61. The van der Waals surface area contributed by atoms with Gasteiger partial charge in [-0.1, -0.05) is 11.6 Å². The quantitative estimate of drug-likeness (QED) is 0.308. The molecule has 0 saturated heterocycles. The van der Waals surface area contributed by atoms with E-state index in [1.165, 1.54) is 12.1 Å². The third-order valence-corrected chi connectivity index (χ3v) is 4.27. The molecule has 0 bridgehead atoms. The molecule has 0 spiro atoms. The van der Waals surface area contributed by atoms with E-state index in [9.17, 15) is 10.1 Å². The zero-order valence-electron chi connectivity index (χ0n) is 10.3. The van der Waals surface area contributed by atoms with Crippen molar-refractivity contribution >= 4 is 60.7 Å². The summed E-state index contributed by atoms with van der Waals surface area (Å²) in [4.78, 5) is 10.3. The van der Waals surface area contributed by atoms with E-state index in [4.69, 9.17) is 27.9 Å². The summed E-state index contributed by atoms with van der Waals surface area (Å²) in [5, 5.41) is 11.4. The average molecular weight is 456 g/mol. The molecule has 0 saturated carbocycles. The van der Waals surface area contributed by atoms with E-state index in [0.717, 1.165) is 5.56 Å². The van der Waals surface area contributed by atoms with E-state index in [0.29, 0.717) is 25.5 Å². The minimum Gasteiger partial charge on any atom is -0.455 e. The Hall–Kier alpha value is -0.820. The molecule has 4 nitrogen and oxygen atoms in total. The van der Waals surface area contributed by atoms with Gasteiger partial charge in [0.05, 0.1) is 19.7 Å². The fourth-order valence-corrected chi connectivity index (χ4v) is 3.34. The summed E-state index contributed by atoms with van der Waals surface area (Å²) >= 11 is 18.3. The van der Waals surface area contributed by atoms with Gasteiger partial charge in [0, 0.05) is 22.7 Å². The lowest BCUT2D eigenvalue weighted by Crippen LogP contribution is -1.94. The summed E-state index contributed by atoms with van der Waals surface area (Å²) in [5.41, 5.74) is 0.677. The molecule has 2 aromatic carbocycles. The first kappa shape index (κ1) is 16.5. The molecular formula is C13H7Br2Cl2NO3. The molecule has 2 rings (SSSR count). The molecule has 0 aromatic heterocycles. The van der Waals surface area contributed by atoms with Crippen molar-refractivity contribution in [1.82, 2.24) is 0 Å². The smallest absolute Gasteiger partial charge is 0.271 e. The van der Waals surface area contributed by atoms with Gasteiger partial charge in [-0.15, -0.1) is 11.6 Å². The Morgan fingerprint density at radius 1 is 1.19 bits per heavy atom. The molecule has 0 aliphatic heterocycles. The van der Waals surface area contributed by atoms with Crippen LogP contribution in [0.5, 0.6) is 11.5 Å². The van der Waals surface area contributed by atoms with Crippen LogP contribution in [0.2, 0.25) is 5.02 Å². The summed E-state index contributed by atoms with van der Waals surface area (Å²) in [6.45, 7) is 0. The third kappa shape index (κ3) is 3.88. The first-order chi connectivity index (χ1) is 9.92. The predicted octanol–water partition coefficient (Wildman–Crippen LogP) is 6.30. The second-order valence-corrected chi connectivity index (χ2v) is 6.40. The third-order valence-electron chi connectivity index (χ3n) is 2.57. The Morgan fingerprint density at radius 3 is 2.33 bits per heavy atom. The lowest BCUT2D eigenvalue weighted by molar-refractivity contribution is -0.385. The van der Waals surface area contributed by atoms with E-state index >= 15 is 0 Å². The maximum Gasteiger partial charge on any atom is 0.271 e. The minimum absolute atomic E-state index is 0.0465. The van der Waals surface area contributed by atoms with Crippen molar-refractivity contribution in [2.24, 2.45) is 0 Å². The van der Waals surface area contributed by atoms with Crippen LogP contribution in [0.15, 0.2) is 39.3 Å². The molecule has 0 aliphatic rings. The Balaban J connectivity index is 2.43. The van der Waals surface area contributed by atoms with E-state index in [1.54, 1.807) is 18.2 Å². The van der Waals surface area contributed by atoms with E-state index < -0.39 is 4.92 Å². The lowest BCUT2D eigenvalue weighted by atomic mass is 10.2. The molecule has 0 fully saturated rings. The van der Waals surface area contributed by atoms with Gasteiger partial charge < -0.3 is 4.74 Å². The number of rotatable bonds is 4. The average Bonchev–Trinajstić information content (AvgIpc) is 2.43. The van der Waals surface area contributed by atoms with Gasteiger partial charge in [0.25, 0.3) is 5.69 Å². The molecule has 21 heavy (non-hydrogen) atoms. The van der Waals surface area contributed by atoms with Gasteiger partial charge >= 0.3 is 0 Å². The molecule has 0 unspecified atom stereocenters. The van der Waals surface area contributed by atoms with Crippen LogP contribution in [-0.2, 0) is 5.88 Å². The first-order valence-electron chi connectivity index (χ1n) is 5.58. The number of hydrogen-bond acceptors (Lipinski definition) is 3. The summed E-state index contributed by atoms with van der Waals surface area (Å²) in [7, 11) is 0. The van der Waals surface area contributed by atoms with Gasteiger partial charge in [-0.25, -0.2) is 0 Å². The molecule has 2 aromatic rings. The molecule has 0 amide bonds. The van der Waals surface area contributed by atoms with Crippen molar-refractivity contribution in [2.45, 2.75) is 5.88 Å². The van der Waals surface area contributed by atoms with Crippen LogP contribution in [0.25, 0.3) is 0 Å². The molecule has 0 radical (unpaired) electrons. The largest absolute Gasteiger partial charge is 0.455 e. The topological polar surface area (TPSA) is 52.4 Å². The summed E-state index contributed by atoms with van der Waals surface area (Å²) in [5.74, 6) is 1.19. The monoisotopic (exact) mass is 453 g/mol. The van der Waals surface area contributed by atoms with Gasteiger partial charge in [-0.3, -0.25) is 10.1 Å². The van der Waals surface area contributed by atoms with Crippen LogP contribution in [0, 0.1) is 10.1 Å². The van der Waals surface area contributed by atoms with Crippen molar-refractivity contribution in [1.29, 1.82) is 0 Å². The van der Waals surface area contributed by atoms with E-state index in [1.807, 2.05) is 0 Å². The highest BCUT2D eigenvalue weighted by Gasteiger charge is 2.17. The molecule has 0 aliphatic carbocycles. The molecule has 0 heterocycles. The minimum atomic E-state index is -0.480. The highest BCUT2D eigenvalue weighted by atomic mass is 79.9. The zero-order chi connectivity index (χ0) is 15.6. The number of benzene rings is 2. The Labute approximate surface area is 147 Å². The number of nitro groups is 1. The number of halogens is 4. The predicted molar refractivity (Wildman–Crippen MR) is 89.6 cm³/mol. The lowest BCUT2D eigenvalue weighted by Gasteiger charge is -2.13. The van der Waals surface area contributed by atoms with Crippen molar-refractivity contribution in [3.63, 3.8) is 0 Å². The van der Waals surface area contributed by atoms with Crippen LogP contribution >= 0.6 is 55.1 Å². The van der Waals surface area contributed by atoms with E-state index in [-0.39, 0.29) is 11.6 Å². The fraction of sp³-hybridized carbons (Fsp3) is 0.0769. The van der Waals surface area contributed by atoms with Gasteiger partial charge in [-0.05, 0) is 50.1 Å². The normalized spacial score (nSPS) is 10.5. The Kier molecular flexibility index (Phi) is 5.48. The van der Waals surface area contributed by atoms with Crippen molar-refractivity contribution < 1.29 is 9.66 Å². The molecule has 0 atom stereocenters. The van der Waals surface area contributed by atoms with Crippen molar-refractivity contribution in [2.75, 3.05) is 0 Å². The van der Waals surface area contributed by atoms with Gasteiger partial charge in [-0.2, -0.15) is 0 Å². The number of nitrogens with zero attached hydrogens (tertiary/aromatic N) is 1. The number of alkyl halides is 1. The Bertz CT molecular complexity index is 687. The van der Waals surface area contributed by atoms with Gasteiger partial charge in [0.2, 0.25) is 0 Å². The second kappa shape index (κ2) is 6.96. The van der Waals surface area contributed by atoms with Gasteiger partial charge in [0.1, 0.15) is 5.75 Å². The maximum atomic E-state index is 10.8. The van der Waals surface area contributed by atoms with Gasteiger partial charge in [0.15, 0.2) is 5.75 Å². The van der Waals surface area contributed by atoms with Crippen LogP contribution < -0.4 is 4.74 Å². The molecule has 8 heteroatoms. The van der Waals surface area contributed by atoms with Crippen LogP contribution in [0.3, 0.4) is 0 Å². The molecular weight excluding hydrogens is 449 g/mol. The van der Waals surface area contributed by atoms with Crippen LogP contribution in [0.4, 0.5) is 5.69 Å². The Morgan fingerprint density at radius 2 is 1.81 bits per heavy atom. The highest BCUT2D eigenvalue weighted by Crippen LogP contribution is 2.41.